The number of anilines is 1. The van der Waals surface area contributed by atoms with Crippen LogP contribution in [0.2, 0.25) is 5.02 Å². The highest BCUT2D eigenvalue weighted by atomic mass is 35.5. The number of hydrogen-bond donors (Lipinski definition) is 1. The number of fused-ring (bicyclic) bond motifs is 1. The number of hydrogen-bond acceptors (Lipinski definition) is 4. The highest BCUT2D eigenvalue weighted by Gasteiger charge is 2.15. The number of nitrogens with zero attached hydrogens (tertiary/aromatic N) is 1. The fourth-order valence-electron chi connectivity index (χ4n) is 2.08. The van der Waals surface area contributed by atoms with Crippen LogP contribution >= 0.6 is 11.6 Å². The van der Waals surface area contributed by atoms with E-state index in [0.29, 0.717) is 27.7 Å². The summed E-state index contributed by atoms with van der Waals surface area (Å²) in [6.45, 7) is 3.96. The maximum atomic E-state index is 12.4. The van der Waals surface area contributed by atoms with Crippen LogP contribution in [0.5, 0.6) is 0 Å². The third kappa shape index (κ3) is 3.33. The molecule has 0 bridgehead atoms. The number of sulfonamides is 1. The molecule has 1 N–H and O–H groups in total. The zero-order chi connectivity index (χ0) is 16.6. The lowest BCUT2D eigenvalue weighted by atomic mass is 10.2. The van der Waals surface area contributed by atoms with Gasteiger partial charge in [0.05, 0.1) is 10.6 Å². The highest BCUT2D eigenvalue weighted by molar-refractivity contribution is 7.92. The molecule has 3 rings (SSSR count). The van der Waals surface area contributed by atoms with E-state index in [1.165, 1.54) is 24.3 Å². The number of halogens is 1. The van der Waals surface area contributed by atoms with Crippen LogP contribution in [0.25, 0.3) is 11.1 Å². The summed E-state index contributed by atoms with van der Waals surface area (Å²) < 4.78 is 32.9. The smallest absolute Gasteiger partial charge is 0.261 e. The third-order valence-corrected chi connectivity index (χ3v) is 4.92. The molecular weight excluding hydrogens is 336 g/mol. The molecule has 0 aliphatic carbocycles. The molecule has 0 spiro atoms. The Morgan fingerprint density at radius 2 is 1.83 bits per heavy atom. The zero-order valence-corrected chi connectivity index (χ0v) is 14.1. The molecule has 2 aromatic carbocycles. The lowest BCUT2D eigenvalue weighted by molar-refractivity contribution is 0.501. The topological polar surface area (TPSA) is 72.2 Å². The largest absolute Gasteiger partial charge is 0.440 e. The Morgan fingerprint density at radius 3 is 2.48 bits per heavy atom. The normalized spacial score (nSPS) is 12.0. The van der Waals surface area contributed by atoms with Gasteiger partial charge in [-0.1, -0.05) is 25.4 Å². The summed E-state index contributed by atoms with van der Waals surface area (Å²) in [5.74, 6) is 0.786. The van der Waals surface area contributed by atoms with Crippen molar-refractivity contribution in [3.05, 3.63) is 53.4 Å². The van der Waals surface area contributed by atoms with E-state index in [1.54, 1.807) is 18.2 Å². The van der Waals surface area contributed by atoms with E-state index in [-0.39, 0.29) is 10.8 Å². The van der Waals surface area contributed by atoms with E-state index < -0.39 is 10.0 Å². The molecule has 0 unspecified atom stereocenters. The Kier molecular flexibility index (Phi) is 4.04. The summed E-state index contributed by atoms with van der Waals surface area (Å²) in [5, 5.41) is 0.480. The Bertz CT molecular complexity index is 947. The molecule has 1 heterocycles. The maximum absolute atomic E-state index is 12.4. The predicted octanol–water partition coefficient (Wildman–Crippen LogP) is 4.41. The summed E-state index contributed by atoms with van der Waals surface area (Å²) >= 11 is 5.78. The van der Waals surface area contributed by atoms with E-state index in [0.717, 1.165) is 0 Å². The lowest BCUT2D eigenvalue weighted by Crippen LogP contribution is -2.12. The molecule has 1 aromatic heterocycles. The molecule has 0 aliphatic rings. The second-order valence-corrected chi connectivity index (χ2v) is 7.57. The minimum atomic E-state index is -3.68. The minimum absolute atomic E-state index is 0.141. The first-order valence-corrected chi connectivity index (χ1v) is 8.90. The van der Waals surface area contributed by atoms with Gasteiger partial charge in [-0.3, -0.25) is 4.72 Å². The first kappa shape index (κ1) is 15.8. The molecule has 5 nitrogen and oxygen atoms in total. The van der Waals surface area contributed by atoms with Crippen molar-refractivity contribution >= 4 is 38.4 Å². The van der Waals surface area contributed by atoms with Crippen molar-refractivity contribution in [2.45, 2.75) is 24.7 Å². The van der Waals surface area contributed by atoms with Gasteiger partial charge in [0.15, 0.2) is 11.5 Å². The molecule has 0 radical (unpaired) electrons. The molecule has 0 amide bonds. The van der Waals surface area contributed by atoms with Gasteiger partial charge in [0.25, 0.3) is 10.0 Å². The van der Waals surface area contributed by atoms with E-state index in [1.807, 2.05) is 13.8 Å². The van der Waals surface area contributed by atoms with E-state index >= 15 is 0 Å². The van der Waals surface area contributed by atoms with Crippen LogP contribution in [0.3, 0.4) is 0 Å². The van der Waals surface area contributed by atoms with E-state index in [9.17, 15) is 8.42 Å². The molecule has 0 saturated carbocycles. The van der Waals surface area contributed by atoms with Crippen molar-refractivity contribution in [1.29, 1.82) is 0 Å². The Labute approximate surface area is 139 Å². The Hall–Kier alpha value is -2.05. The molecule has 3 aromatic rings. The van der Waals surface area contributed by atoms with Gasteiger partial charge in [0.2, 0.25) is 0 Å². The molecule has 0 fully saturated rings. The molecule has 120 valence electrons. The van der Waals surface area contributed by atoms with Gasteiger partial charge in [-0.25, -0.2) is 13.4 Å². The second-order valence-electron chi connectivity index (χ2n) is 5.45. The number of nitrogens with one attached hydrogen (secondary N) is 1. The zero-order valence-electron chi connectivity index (χ0n) is 12.6. The van der Waals surface area contributed by atoms with Crippen molar-refractivity contribution in [2.24, 2.45) is 0 Å². The molecule has 7 heteroatoms. The van der Waals surface area contributed by atoms with E-state index in [2.05, 4.69) is 9.71 Å². The van der Waals surface area contributed by atoms with Crippen LogP contribution in [-0.4, -0.2) is 13.4 Å². The fraction of sp³-hybridized carbons (Fsp3) is 0.188. The van der Waals surface area contributed by atoms with Gasteiger partial charge in [-0.15, -0.1) is 0 Å². The molecule has 0 saturated heterocycles. The van der Waals surface area contributed by atoms with Gasteiger partial charge < -0.3 is 4.42 Å². The lowest BCUT2D eigenvalue weighted by Gasteiger charge is -2.07. The summed E-state index contributed by atoms with van der Waals surface area (Å²) in [7, 11) is -3.68. The number of aromatic nitrogens is 1. The Balaban J connectivity index is 1.92. The molecule has 0 aliphatic heterocycles. The highest BCUT2D eigenvalue weighted by Crippen LogP contribution is 2.25. The summed E-state index contributed by atoms with van der Waals surface area (Å²) in [6, 6.07) is 11.0. The van der Waals surface area contributed by atoms with Crippen LogP contribution in [0, 0.1) is 0 Å². The first-order chi connectivity index (χ1) is 10.8. The predicted molar refractivity (Wildman–Crippen MR) is 90.4 cm³/mol. The van der Waals surface area contributed by atoms with Crippen LogP contribution in [-0.2, 0) is 10.0 Å². The first-order valence-electron chi connectivity index (χ1n) is 7.04. The number of benzene rings is 2. The van der Waals surface area contributed by atoms with Crippen molar-refractivity contribution in [2.75, 3.05) is 4.72 Å². The molecule has 23 heavy (non-hydrogen) atoms. The van der Waals surface area contributed by atoms with Crippen molar-refractivity contribution in [3.8, 4) is 0 Å². The van der Waals surface area contributed by atoms with Crippen LogP contribution in [0.4, 0.5) is 5.69 Å². The monoisotopic (exact) mass is 350 g/mol. The standard InChI is InChI=1S/C16H15ClN2O3S/c1-10(2)16-18-14-8-5-12(9-15(14)22-16)19-23(20,21)13-6-3-11(17)4-7-13/h3-10,19H,1-2H3. The van der Waals surface area contributed by atoms with Crippen LogP contribution in [0.15, 0.2) is 51.8 Å². The fourth-order valence-corrected chi connectivity index (χ4v) is 3.26. The molecule has 0 atom stereocenters. The average Bonchev–Trinajstić information content (AvgIpc) is 2.90. The summed E-state index contributed by atoms with van der Waals surface area (Å²) in [4.78, 5) is 4.50. The summed E-state index contributed by atoms with van der Waals surface area (Å²) in [5.41, 5.74) is 1.66. The third-order valence-electron chi connectivity index (χ3n) is 3.28. The van der Waals surface area contributed by atoms with E-state index in [4.69, 9.17) is 16.0 Å². The van der Waals surface area contributed by atoms with Gasteiger partial charge in [-0.2, -0.15) is 0 Å². The average molecular weight is 351 g/mol. The van der Waals surface area contributed by atoms with Crippen LogP contribution in [0.1, 0.15) is 25.7 Å². The number of oxazole rings is 1. The van der Waals surface area contributed by atoms with Crippen molar-refractivity contribution < 1.29 is 12.8 Å². The second kappa shape index (κ2) is 5.86. The van der Waals surface area contributed by atoms with Gasteiger partial charge in [0, 0.05) is 17.0 Å². The van der Waals surface area contributed by atoms with Gasteiger partial charge in [0.1, 0.15) is 5.52 Å². The van der Waals surface area contributed by atoms with Gasteiger partial charge in [-0.05, 0) is 36.4 Å². The minimum Gasteiger partial charge on any atom is -0.440 e. The quantitative estimate of drug-likeness (QED) is 0.756. The van der Waals surface area contributed by atoms with Crippen molar-refractivity contribution in [1.82, 2.24) is 4.98 Å². The van der Waals surface area contributed by atoms with Gasteiger partial charge >= 0.3 is 0 Å². The Morgan fingerprint density at radius 1 is 1.13 bits per heavy atom. The van der Waals surface area contributed by atoms with Crippen LogP contribution < -0.4 is 4.72 Å². The van der Waals surface area contributed by atoms with Crippen molar-refractivity contribution in [3.63, 3.8) is 0 Å². The maximum Gasteiger partial charge on any atom is 0.261 e. The SMILES string of the molecule is CC(C)c1nc2ccc(NS(=O)(=O)c3ccc(Cl)cc3)cc2o1. The number of rotatable bonds is 4. The summed E-state index contributed by atoms with van der Waals surface area (Å²) in [6.07, 6.45) is 0. The molecular formula is C16H15ClN2O3S.